The number of benzene rings is 2. The molecule has 166 valence electrons. The number of aromatic nitrogens is 1. The summed E-state index contributed by atoms with van der Waals surface area (Å²) in [5, 5.41) is 10.2. The number of amides is 1. The normalized spacial score (nSPS) is 15.2. The van der Waals surface area contributed by atoms with Crippen LogP contribution in [0.2, 0.25) is 0 Å². The van der Waals surface area contributed by atoms with Gasteiger partial charge in [0.2, 0.25) is 10.0 Å². The van der Waals surface area contributed by atoms with Gasteiger partial charge in [-0.05, 0) is 24.1 Å². The molecule has 0 radical (unpaired) electrons. The lowest BCUT2D eigenvalue weighted by Gasteiger charge is -2.34. The fourth-order valence-electron chi connectivity index (χ4n) is 4.19. The molecular formula is C24H26N4O3S. The molecule has 8 heteroatoms. The zero-order valence-corrected chi connectivity index (χ0v) is 19.0. The minimum Gasteiger partial charge on any atom is -0.346 e. The van der Waals surface area contributed by atoms with E-state index in [1.165, 1.54) is 16.4 Å². The molecule has 1 amide bonds. The highest BCUT2D eigenvalue weighted by molar-refractivity contribution is 7.89. The maximum absolute atomic E-state index is 13.3. The van der Waals surface area contributed by atoms with E-state index in [-0.39, 0.29) is 29.5 Å². The molecule has 0 spiro atoms. The van der Waals surface area contributed by atoms with Gasteiger partial charge in [0.05, 0.1) is 16.0 Å². The monoisotopic (exact) mass is 450 g/mol. The number of rotatable bonds is 5. The first-order valence-electron chi connectivity index (χ1n) is 10.7. The second kappa shape index (κ2) is 8.77. The van der Waals surface area contributed by atoms with Crippen molar-refractivity contribution in [2.45, 2.75) is 25.3 Å². The van der Waals surface area contributed by atoms with Crippen LogP contribution in [0.5, 0.6) is 0 Å². The molecule has 1 aliphatic heterocycles. The quantitative estimate of drug-likeness (QED) is 0.597. The van der Waals surface area contributed by atoms with Gasteiger partial charge in [0, 0.05) is 49.8 Å². The van der Waals surface area contributed by atoms with E-state index < -0.39 is 10.0 Å². The molecule has 3 aromatic rings. The molecule has 7 nitrogen and oxygen atoms in total. The molecule has 0 atom stereocenters. The Morgan fingerprint density at radius 3 is 2.38 bits per heavy atom. The van der Waals surface area contributed by atoms with Crippen molar-refractivity contribution < 1.29 is 13.2 Å². The van der Waals surface area contributed by atoms with Crippen molar-refractivity contribution in [3.8, 4) is 6.07 Å². The van der Waals surface area contributed by atoms with Gasteiger partial charge in [-0.3, -0.25) is 4.79 Å². The van der Waals surface area contributed by atoms with Crippen LogP contribution in [0.1, 0.15) is 29.8 Å². The number of hydrogen-bond acceptors (Lipinski definition) is 4. The first kappa shape index (κ1) is 22.1. The molecule has 1 aromatic heterocycles. The van der Waals surface area contributed by atoms with E-state index in [0.717, 1.165) is 17.4 Å². The van der Waals surface area contributed by atoms with Gasteiger partial charge in [-0.15, -0.1) is 0 Å². The van der Waals surface area contributed by atoms with Gasteiger partial charge in [0.25, 0.3) is 5.91 Å². The van der Waals surface area contributed by atoms with Crippen LogP contribution in [0.15, 0.2) is 59.6 Å². The highest BCUT2D eigenvalue weighted by Crippen LogP contribution is 2.26. The topological polar surface area (TPSA) is 86.4 Å². The van der Waals surface area contributed by atoms with Crippen LogP contribution in [0, 0.1) is 17.2 Å². The molecule has 32 heavy (non-hydrogen) atoms. The predicted molar refractivity (Wildman–Crippen MR) is 123 cm³/mol. The Balaban J connectivity index is 1.54. The summed E-state index contributed by atoms with van der Waals surface area (Å²) in [6.07, 6.45) is 1.92. The van der Waals surface area contributed by atoms with E-state index >= 15 is 0 Å². The second-order valence-electron chi connectivity index (χ2n) is 8.41. The third-order valence-electron chi connectivity index (χ3n) is 5.73. The summed E-state index contributed by atoms with van der Waals surface area (Å²) in [6, 6.07) is 16.0. The number of hydrogen-bond donors (Lipinski definition) is 0. The molecule has 1 aliphatic rings. The van der Waals surface area contributed by atoms with E-state index in [0.29, 0.717) is 24.6 Å². The number of para-hydroxylation sites is 1. The number of fused-ring (bicyclic) bond motifs is 1. The molecular weight excluding hydrogens is 424 g/mol. The van der Waals surface area contributed by atoms with Gasteiger partial charge in [0.15, 0.2) is 0 Å². The minimum atomic E-state index is -3.79. The molecule has 0 bridgehead atoms. The zero-order valence-electron chi connectivity index (χ0n) is 18.2. The van der Waals surface area contributed by atoms with Crippen molar-refractivity contribution in [1.82, 2.24) is 13.8 Å². The fourth-order valence-corrected chi connectivity index (χ4v) is 5.75. The van der Waals surface area contributed by atoms with Gasteiger partial charge >= 0.3 is 0 Å². The number of nitrogens with zero attached hydrogens (tertiary/aromatic N) is 4. The van der Waals surface area contributed by atoms with E-state index in [9.17, 15) is 18.5 Å². The summed E-state index contributed by atoms with van der Waals surface area (Å²) in [6.45, 7) is 6.09. The van der Waals surface area contributed by atoms with Gasteiger partial charge in [-0.2, -0.15) is 9.57 Å². The summed E-state index contributed by atoms with van der Waals surface area (Å²) in [5.41, 5.74) is 1.80. The minimum absolute atomic E-state index is 0.0130. The lowest BCUT2D eigenvalue weighted by atomic mass is 10.1. The molecule has 0 aliphatic carbocycles. The summed E-state index contributed by atoms with van der Waals surface area (Å²) in [5.74, 6) is 0.358. The van der Waals surface area contributed by atoms with Crippen molar-refractivity contribution in [2.75, 3.05) is 26.2 Å². The third kappa shape index (κ3) is 4.01. The van der Waals surface area contributed by atoms with Crippen LogP contribution in [0.25, 0.3) is 10.9 Å². The predicted octanol–water partition coefficient (Wildman–Crippen LogP) is 3.32. The highest BCUT2D eigenvalue weighted by atomic mass is 32.2. The number of piperazine rings is 1. The van der Waals surface area contributed by atoms with Crippen LogP contribution >= 0.6 is 0 Å². The number of carbonyl (C=O) groups excluding carboxylic acids is 1. The zero-order chi connectivity index (χ0) is 22.9. The Hall–Kier alpha value is -3.15. The van der Waals surface area contributed by atoms with Gasteiger partial charge < -0.3 is 9.47 Å². The lowest BCUT2D eigenvalue weighted by molar-refractivity contribution is 0.0699. The maximum atomic E-state index is 13.3. The molecule has 4 rings (SSSR count). The average Bonchev–Trinajstić information content (AvgIpc) is 3.16. The molecule has 0 unspecified atom stereocenters. The van der Waals surface area contributed by atoms with Crippen molar-refractivity contribution in [3.05, 3.63) is 65.9 Å². The molecule has 0 N–H and O–H groups in total. The van der Waals surface area contributed by atoms with Crippen molar-refractivity contribution in [3.63, 3.8) is 0 Å². The molecule has 1 fully saturated rings. The van der Waals surface area contributed by atoms with Gasteiger partial charge in [-0.25, -0.2) is 8.42 Å². The summed E-state index contributed by atoms with van der Waals surface area (Å²) in [7, 11) is -3.79. The van der Waals surface area contributed by atoms with Crippen LogP contribution < -0.4 is 0 Å². The SMILES string of the molecule is CC(C)Cn1cc(C(=O)N2CCN(S(=O)(=O)c3ccccc3C#N)CC2)c2ccccc21. The Kier molecular flexibility index (Phi) is 6.04. The molecule has 2 aromatic carbocycles. The molecule has 2 heterocycles. The molecule has 0 saturated carbocycles. The van der Waals surface area contributed by atoms with Crippen LogP contribution in [-0.4, -0.2) is 54.3 Å². The van der Waals surface area contributed by atoms with Crippen LogP contribution in [0.3, 0.4) is 0 Å². The Bertz CT molecular complexity index is 1300. The first-order valence-corrected chi connectivity index (χ1v) is 12.1. The summed E-state index contributed by atoms with van der Waals surface area (Å²) in [4.78, 5) is 15.1. The number of carbonyl (C=O) groups is 1. The van der Waals surface area contributed by atoms with Crippen molar-refractivity contribution >= 4 is 26.8 Å². The second-order valence-corrected chi connectivity index (χ2v) is 10.3. The first-order chi connectivity index (χ1) is 15.3. The Morgan fingerprint density at radius 2 is 1.69 bits per heavy atom. The van der Waals surface area contributed by atoms with E-state index in [1.807, 2.05) is 36.5 Å². The Labute approximate surface area is 188 Å². The summed E-state index contributed by atoms with van der Waals surface area (Å²) < 4.78 is 29.6. The average molecular weight is 451 g/mol. The Morgan fingerprint density at radius 1 is 1.03 bits per heavy atom. The van der Waals surface area contributed by atoms with Crippen LogP contribution in [-0.2, 0) is 16.6 Å². The standard InChI is InChI=1S/C24H26N4O3S/c1-18(2)16-27-17-21(20-8-4-5-9-22(20)27)24(29)26-11-13-28(14-12-26)32(30,31)23-10-6-3-7-19(23)15-25/h3-10,17-18H,11-14,16H2,1-2H3. The van der Waals surface area contributed by atoms with E-state index in [2.05, 4.69) is 18.4 Å². The van der Waals surface area contributed by atoms with Crippen molar-refractivity contribution in [1.29, 1.82) is 5.26 Å². The largest absolute Gasteiger partial charge is 0.346 e. The number of nitriles is 1. The lowest BCUT2D eigenvalue weighted by Crippen LogP contribution is -2.50. The van der Waals surface area contributed by atoms with E-state index in [1.54, 1.807) is 17.0 Å². The van der Waals surface area contributed by atoms with Gasteiger partial charge in [-0.1, -0.05) is 44.2 Å². The number of sulfonamides is 1. The maximum Gasteiger partial charge on any atom is 0.256 e. The molecule has 1 saturated heterocycles. The smallest absolute Gasteiger partial charge is 0.256 e. The van der Waals surface area contributed by atoms with Crippen LogP contribution in [0.4, 0.5) is 0 Å². The highest BCUT2D eigenvalue weighted by Gasteiger charge is 2.32. The third-order valence-corrected chi connectivity index (χ3v) is 7.69. The fraction of sp³-hybridized carbons (Fsp3) is 0.333. The van der Waals surface area contributed by atoms with Gasteiger partial charge in [0.1, 0.15) is 6.07 Å². The summed E-state index contributed by atoms with van der Waals surface area (Å²) >= 11 is 0. The van der Waals surface area contributed by atoms with E-state index in [4.69, 9.17) is 0 Å². The van der Waals surface area contributed by atoms with Crippen molar-refractivity contribution in [2.24, 2.45) is 5.92 Å².